The van der Waals surface area contributed by atoms with Gasteiger partial charge in [-0.3, -0.25) is 9.59 Å². The molecule has 8 nitrogen and oxygen atoms in total. The summed E-state index contributed by atoms with van der Waals surface area (Å²) in [6.45, 7) is 0. The van der Waals surface area contributed by atoms with E-state index in [1.54, 1.807) is 43.5 Å². The molecule has 9 heteroatoms. The van der Waals surface area contributed by atoms with Gasteiger partial charge in [0.15, 0.2) is 0 Å². The summed E-state index contributed by atoms with van der Waals surface area (Å²) < 4.78 is 16.3. The van der Waals surface area contributed by atoms with Crippen LogP contribution in [0.4, 0.5) is 5.69 Å². The van der Waals surface area contributed by atoms with Crippen molar-refractivity contribution < 1.29 is 23.8 Å². The van der Waals surface area contributed by atoms with E-state index in [0.717, 1.165) is 0 Å². The van der Waals surface area contributed by atoms with Crippen molar-refractivity contribution in [1.82, 2.24) is 5.43 Å². The Morgan fingerprint density at radius 2 is 1.68 bits per heavy atom. The zero-order chi connectivity index (χ0) is 20.5. The first kappa shape index (κ1) is 21.2. The second kappa shape index (κ2) is 10.3. The number of carbonyl (C=O) groups is 2. The van der Waals surface area contributed by atoms with Crippen LogP contribution in [0, 0.1) is 0 Å². The maximum absolute atomic E-state index is 12.0. The van der Waals surface area contributed by atoms with E-state index >= 15 is 0 Å². The summed E-state index contributed by atoms with van der Waals surface area (Å²) in [4.78, 5) is 24.0. The van der Waals surface area contributed by atoms with Crippen molar-refractivity contribution in [3.8, 4) is 17.2 Å². The van der Waals surface area contributed by atoms with E-state index in [-0.39, 0.29) is 0 Å². The number of amides is 2. The van der Waals surface area contributed by atoms with Crippen LogP contribution in [0.3, 0.4) is 0 Å². The van der Waals surface area contributed by atoms with Gasteiger partial charge in [-0.05, 0) is 34.1 Å². The van der Waals surface area contributed by atoms with Gasteiger partial charge in [0, 0.05) is 11.6 Å². The first-order valence-corrected chi connectivity index (χ1v) is 8.94. The molecule has 2 amide bonds. The zero-order valence-corrected chi connectivity index (χ0v) is 17.2. The number of hydrogen-bond acceptors (Lipinski definition) is 6. The zero-order valence-electron chi connectivity index (χ0n) is 15.6. The average molecular weight is 450 g/mol. The Bertz CT molecular complexity index is 886. The number of hydrogen-bond donors (Lipinski definition) is 2. The first-order valence-electron chi connectivity index (χ1n) is 8.14. The third-order valence-corrected chi connectivity index (χ3v) is 4.22. The monoisotopic (exact) mass is 449 g/mol. The number of halogens is 1. The predicted molar refractivity (Wildman–Crippen MR) is 109 cm³/mol. The quantitative estimate of drug-likeness (QED) is 0.366. The summed E-state index contributed by atoms with van der Waals surface area (Å²) in [6.07, 6.45) is 1.03. The van der Waals surface area contributed by atoms with E-state index in [1.807, 2.05) is 0 Å². The summed E-state index contributed by atoms with van der Waals surface area (Å²) in [6, 6.07) is 10.3. The molecule has 0 radical (unpaired) electrons. The number of carbonyl (C=O) groups excluding carboxylic acids is 2. The third-order valence-electron chi connectivity index (χ3n) is 3.60. The Kier molecular flexibility index (Phi) is 7.82. The van der Waals surface area contributed by atoms with Gasteiger partial charge < -0.3 is 19.5 Å². The van der Waals surface area contributed by atoms with Crippen molar-refractivity contribution in [2.24, 2.45) is 5.10 Å². The van der Waals surface area contributed by atoms with Gasteiger partial charge in [-0.25, -0.2) is 5.43 Å². The molecule has 0 aliphatic carbocycles. The maximum atomic E-state index is 12.0. The van der Waals surface area contributed by atoms with E-state index in [1.165, 1.54) is 20.4 Å². The summed E-state index contributed by atoms with van der Waals surface area (Å²) in [5.41, 5.74) is 3.42. The highest BCUT2D eigenvalue weighted by Gasteiger charge is 2.12. The topological polar surface area (TPSA) is 98.3 Å². The van der Waals surface area contributed by atoms with Crippen molar-refractivity contribution in [3.05, 3.63) is 46.4 Å². The van der Waals surface area contributed by atoms with Crippen LogP contribution < -0.4 is 25.0 Å². The van der Waals surface area contributed by atoms with Crippen molar-refractivity contribution in [2.45, 2.75) is 6.42 Å². The van der Waals surface area contributed by atoms with Crippen LogP contribution in [0.5, 0.6) is 17.2 Å². The predicted octanol–water partition coefficient (Wildman–Crippen LogP) is 2.95. The Hall–Kier alpha value is -3.07. The second-order valence-electron chi connectivity index (χ2n) is 5.45. The van der Waals surface area contributed by atoms with Crippen LogP contribution in [0.25, 0.3) is 0 Å². The van der Waals surface area contributed by atoms with Gasteiger partial charge in [-0.2, -0.15) is 5.10 Å². The number of nitrogens with zero attached hydrogens (tertiary/aromatic N) is 1. The lowest BCUT2D eigenvalue weighted by molar-refractivity contribution is -0.126. The lowest BCUT2D eigenvalue weighted by Crippen LogP contribution is -2.24. The van der Waals surface area contributed by atoms with E-state index in [4.69, 9.17) is 14.2 Å². The molecule has 2 N–H and O–H groups in total. The molecule has 0 unspecified atom stereocenters. The highest BCUT2D eigenvalue weighted by molar-refractivity contribution is 9.10. The molecule has 0 heterocycles. The van der Waals surface area contributed by atoms with Crippen LogP contribution >= 0.6 is 15.9 Å². The summed E-state index contributed by atoms with van der Waals surface area (Å²) in [7, 11) is 4.56. The van der Waals surface area contributed by atoms with E-state index in [9.17, 15) is 9.59 Å². The maximum Gasteiger partial charge on any atom is 0.249 e. The van der Waals surface area contributed by atoms with Gasteiger partial charge in [0.25, 0.3) is 0 Å². The number of hydrazone groups is 1. The van der Waals surface area contributed by atoms with Gasteiger partial charge in [0.1, 0.15) is 23.7 Å². The molecule has 0 aliphatic rings. The molecule has 0 fully saturated rings. The summed E-state index contributed by atoms with van der Waals surface area (Å²) in [5, 5.41) is 6.49. The number of para-hydroxylation sites is 2. The van der Waals surface area contributed by atoms with Crippen molar-refractivity contribution in [3.63, 3.8) is 0 Å². The largest absolute Gasteiger partial charge is 0.496 e. The molecule has 2 aromatic rings. The molecule has 28 heavy (non-hydrogen) atoms. The number of ether oxygens (including phenoxy) is 3. The Labute approximate surface area is 171 Å². The van der Waals surface area contributed by atoms with Gasteiger partial charge in [-0.1, -0.05) is 12.1 Å². The first-order chi connectivity index (χ1) is 13.5. The molecule has 0 atom stereocenters. The molecule has 0 spiro atoms. The number of benzene rings is 2. The van der Waals surface area contributed by atoms with Gasteiger partial charge in [0.05, 0.1) is 37.7 Å². The van der Waals surface area contributed by atoms with E-state index in [0.29, 0.717) is 33.0 Å². The molecule has 0 saturated heterocycles. The molecule has 0 bridgehead atoms. The number of nitrogens with one attached hydrogen (secondary N) is 2. The second-order valence-corrected chi connectivity index (χ2v) is 6.30. The number of anilines is 1. The minimum Gasteiger partial charge on any atom is -0.496 e. The molecule has 2 aromatic carbocycles. The normalized spacial score (nSPS) is 10.4. The smallest absolute Gasteiger partial charge is 0.249 e. The highest BCUT2D eigenvalue weighted by Crippen LogP contribution is 2.31. The van der Waals surface area contributed by atoms with E-state index in [2.05, 4.69) is 31.8 Å². The van der Waals surface area contributed by atoms with E-state index < -0.39 is 18.2 Å². The third kappa shape index (κ3) is 5.71. The lowest BCUT2D eigenvalue weighted by Gasteiger charge is -2.10. The lowest BCUT2D eigenvalue weighted by atomic mass is 10.2. The highest BCUT2D eigenvalue weighted by atomic mass is 79.9. The fraction of sp³-hybridized carbons (Fsp3) is 0.211. The van der Waals surface area contributed by atoms with Crippen molar-refractivity contribution >= 4 is 39.6 Å². The fourth-order valence-electron chi connectivity index (χ4n) is 2.29. The standard InChI is InChI=1S/C19H20BrN3O5/c1-26-15-7-5-4-6-14(15)22-18(24)10-19(25)23-21-11-12-8-13(20)17(28-3)9-16(12)27-2/h4-9,11H,10H2,1-3H3,(H,22,24)(H,23,25). The summed E-state index contributed by atoms with van der Waals surface area (Å²) in [5.74, 6) is 0.585. The van der Waals surface area contributed by atoms with Crippen LogP contribution in [0.2, 0.25) is 0 Å². The molecule has 2 rings (SSSR count). The van der Waals surface area contributed by atoms with Gasteiger partial charge in [-0.15, -0.1) is 0 Å². The van der Waals surface area contributed by atoms with Crippen LogP contribution in [-0.4, -0.2) is 39.4 Å². The SMILES string of the molecule is COc1cc(OC)c(C=NNC(=O)CC(=O)Nc2ccccc2OC)cc1Br. The van der Waals surface area contributed by atoms with Gasteiger partial charge >= 0.3 is 0 Å². The molecule has 0 aliphatic heterocycles. The Morgan fingerprint density at radius 1 is 1.00 bits per heavy atom. The number of rotatable bonds is 8. The Balaban J connectivity index is 1.95. The minimum absolute atomic E-state index is 0.390. The molecule has 0 saturated carbocycles. The van der Waals surface area contributed by atoms with Crippen LogP contribution in [0.15, 0.2) is 46.0 Å². The molecule has 148 valence electrons. The minimum atomic E-state index is -0.560. The summed E-state index contributed by atoms with van der Waals surface area (Å²) >= 11 is 3.37. The van der Waals surface area contributed by atoms with Crippen molar-refractivity contribution in [2.75, 3.05) is 26.6 Å². The fourth-order valence-corrected chi connectivity index (χ4v) is 2.81. The number of methoxy groups -OCH3 is 3. The Morgan fingerprint density at radius 3 is 2.36 bits per heavy atom. The average Bonchev–Trinajstić information content (AvgIpc) is 2.68. The van der Waals surface area contributed by atoms with Gasteiger partial charge in [0.2, 0.25) is 11.8 Å². The molecular weight excluding hydrogens is 430 g/mol. The van der Waals surface area contributed by atoms with Crippen molar-refractivity contribution in [1.29, 1.82) is 0 Å². The molecule has 0 aromatic heterocycles. The van der Waals surface area contributed by atoms with Crippen LogP contribution in [-0.2, 0) is 9.59 Å². The molecular formula is C19H20BrN3O5. The van der Waals surface area contributed by atoms with Crippen LogP contribution in [0.1, 0.15) is 12.0 Å².